The maximum atomic E-state index is 5.50. The van der Waals surface area contributed by atoms with Crippen LogP contribution in [0.5, 0.6) is 5.75 Å². The van der Waals surface area contributed by atoms with Crippen molar-refractivity contribution in [1.29, 1.82) is 0 Å². The molecule has 0 aliphatic heterocycles. The predicted octanol–water partition coefficient (Wildman–Crippen LogP) is 4.77. The van der Waals surface area contributed by atoms with Gasteiger partial charge >= 0.3 is 0 Å². The minimum Gasteiger partial charge on any atom is -0.494 e. The van der Waals surface area contributed by atoms with E-state index >= 15 is 0 Å². The van der Waals surface area contributed by atoms with Crippen molar-refractivity contribution < 1.29 is 4.74 Å². The second-order valence-corrected chi connectivity index (χ2v) is 5.21. The first-order valence-electron chi connectivity index (χ1n) is 7.49. The SMILES string of the molecule is C=CC=C(c1ccc(OCC)cc1)c1ccc(N(C)C)cc1. The van der Waals surface area contributed by atoms with E-state index in [4.69, 9.17) is 4.74 Å². The smallest absolute Gasteiger partial charge is 0.119 e. The molecule has 2 heteroatoms. The van der Waals surface area contributed by atoms with Crippen LogP contribution in [0.3, 0.4) is 0 Å². The minimum atomic E-state index is 0.681. The highest BCUT2D eigenvalue weighted by atomic mass is 16.5. The summed E-state index contributed by atoms with van der Waals surface area (Å²) in [7, 11) is 4.09. The van der Waals surface area contributed by atoms with Gasteiger partial charge in [-0.2, -0.15) is 0 Å². The molecule has 0 fully saturated rings. The summed E-state index contributed by atoms with van der Waals surface area (Å²) in [5, 5.41) is 0. The fraction of sp³-hybridized carbons (Fsp3) is 0.200. The van der Waals surface area contributed by atoms with Gasteiger partial charge < -0.3 is 9.64 Å². The van der Waals surface area contributed by atoms with Crippen LogP contribution in [0.2, 0.25) is 0 Å². The van der Waals surface area contributed by atoms with Gasteiger partial charge in [0.1, 0.15) is 5.75 Å². The Hall–Kier alpha value is -2.48. The molecule has 0 saturated heterocycles. The summed E-state index contributed by atoms with van der Waals surface area (Å²) in [5.41, 5.74) is 4.67. The van der Waals surface area contributed by atoms with Crippen LogP contribution in [0.15, 0.2) is 67.3 Å². The maximum absolute atomic E-state index is 5.50. The number of allylic oxidation sites excluding steroid dienone is 2. The Bertz CT molecular complexity index is 636. The molecule has 0 aliphatic carbocycles. The second kappa shape index (κ2) is 7.51. The van der Waals surface area contributed by atoms with E-state index in [0.717, 1.165) is 16.9 Å². The van der Waals surface area contributed by atoms with Crippen LogP contribution in [0.1, 0.15) is 18.1 Å². The average Bonchev–Trinajstić information content (AvgIpc) is 2.54. The van der Waals surface area contributed by atoms with E-state index in [9.17, 15) is 0 Å². The third-order valence-electron chi connectivity index (χ3n) is 3.46. The molecule has 0 N–H and O–H groups in total. The zero-order chi connectivity index (χ0) is 15.9. The number of hydrogen-bond acceptors (Lipinski definition) is 2. The Morgan fingerprint density at radius 2 is 1.55 bits per heavy atom. The zero-order valence-corrected chi connectivity index (χ0v) is 13.5. The van der Waals surface area contributed by atoms with Gasteiger partial charge in [0.05, 0.1) is 6.61 Å². The summed E-state index contributed by atoms with van der Waals surface area (Å²) in [4.78, 5) is 2.09. The highest BCUT2D eigenvalue weighted by molar-refractivity contribution is 5.81. The molecule has 2 nitrogen and oxygen atoms in total. The Balaban J connectivity index is 2.33. The lowest BCUT2D eigenvalue weighted by Crippen LogP contribution is -2.08. The van der Waals surface area contributed by atoms with Crippen LogP contribution in [0, 0.1) is 0 Å². The Labute approximate surface area is 133 Å². The molecule has 0 atom stereocenters. The van der Waals surface area contributed by atoms with Crippen molar-refractivity contribution in [2.45, 2.75) is 6.92 Å². The number of rotatable bonds is 6. The van der Waals surface area contributed by atoms with Gasteiger partial charge in [-0.05, 0) is 47.9 Å². The second-order valence-electron chi connectivity index (χ2n) is 5.21. The van der Waals surface area contributed by atoms with Gasteiger partial charge in [0.15, 0.2) is 0 Å². The molecule has 0 bridgehead atoms. The highest BCUT2D eigenvalue weighted by Gasteiger charge is 2.05. The summed E-state index contributed by atoms with van der Waals surface area (Å²) in [6, 6.07) is 16.7. The fourth-order valence-corrected chi connectivity index (χ4v) is 2.31. The summed E-state index contributed by atoms with van der Waals surface area (Å²) in [6.45, 7) is 6.51. The number of hydrogen-bond donors (Lipinski definition) is 0. The lowest BCUT2D eigenvalue weighted by atomic mass is 9.97. The van der Waals surface area contributed by atoms with E-state index in [-0.39, 0.29) is 0 Å². The van der Waals surface area contributed by atoms with Crippen LogP contribution in [0.4, 0.5) is 5.69 Å². The number of ether oxygens (including phenoxy) is 1. The molecule has 0 spiro atoms. The molecule has 22 heavy (non-hydrogen) atoms. The van der Waals surface area contributed by atoms with E-state index < -0.39 is 0 Å². The van der Waals surface area contributed by atoms with Crippen LogP contribution < -0.4 is 9.64 Å². The molecular formula is C20H23NO. The molecule has 114 valence electrons. The Morgan fingerprint density at radius 1 is 1.00 bits per heavy atom. The van der Waals surface area contributed by atoms with Gasteiger partial charge in [0, 0.05) is 19.8 Å². The highest BCUT2D eigenvalue weighted by Crippen LogP contribution is 2.27. The molecule has 0 amide bonds. The van der Waals surface area contributed by atoms with E-state index in [1.54, 1.807) is 0 Å². The largest absolute Gasteiger partial charge is 0.494 e. The van der Waals surface area contributed by atoms with Crippen molar-refractivity contribution in [3.63, 3.8) is 0 Å². The summed E-state index contributed by atoms with van der Waals surface area (Å²) >= 11 is 0. The van der Waals surface area contributed by atoms with Crippen LogP contribution in [-0.2, 0) is 0 Å². The first-order chi connectivity index (χ1) is 10.7. The Kier molecular flexibility index (Phi) is 5.42. The van der Waals surface area contributed by atoms with Crippen molar-refractivity contribution in [2.24, 2.45) is 0 Å². The van der Waals surface area contributed by atoms with E-state index in [0.29, 0.717) is 6.61 Å². The van der Waals surface area contributed by atoms with Crippen LogP contribution in [0.25, 0.3) is 5.57 Å². The Morgan fingerprint density at radius 3 is 2.00 bits per heavy atom. The van der Waals surface area contributed by atoms with Crippen molar-refractivity contribution >= 4 is 11.3 Å². The lowest BCUT2D eigenvalue weighted by Gasteiger charge is -2.14. The minimum absolute atomic E-state index is 0.681. The molecule has 0 unspecified atom stereocenters. The van der Waals surface area contributed by atoms with Crippen LogP contribution >= 0.6 is 0 Å². The van der Waals surface area contributed by atoms with Gasteiger partial charge in [0.2, 0.25) is 0 Å². The molecule has 2 aromatic carbocycles. The van der Waals surface area contributed by atoms with Gasteiger partial charge in [-0.15, -0.1) is 0 Å². The zero-order valence-electron chi connectivity index (χ0n) is 13.5. The third-order valence-corrected chi connectivity index (χ3v) is 3.46. The number of nitrogens with zero attached hydrogens (tertiary/aromatic N) is 1. The average molecular weight is 293 g/mol. The molecule has 0 heterocycles. The number of benzene rings is 2. The monoisotopic (exact) mass is 293 g/mol. The molecule has 0 aromatic heterocycles. The van der Waals surface area contributed by atoms with Gasteiger partial charge in [-0.3, -0.25) is 0 Å². The van der Waals surface area contributed by atoms with E-state index in [2.05, 4.69) is 47.9 Å². The molecular weight excluding hydrogens is 270 g/mol. The molecule has 2 aromatic rings. The number of anilines is 1. The van der Waals surface area contributed by atoms with E-state index in [1.165, 1.54) is 11.3 Å². The standard InChI is InChI=1S/C20H23NO/c1-5-7-20(16-8-12-18(13-9-16)21(3)4)17-10-14-19(15-11-17)22-6-2/h5,7-15H,1,6H2,2-4H3. The molecule has 0 saturated carbocycles. The quantitative estimate of drug-likeness (QED) is 0.711. The van der Waals surface area contributed by atoms with Crippen molar-refractivity contribution in [3.8, 4) is 5.75 Å². The summed E-state index contributed by atoms with van der Waals surface area (Å²) in [6.07, 6.45) is 3.87. The van der Waals surface area contributed by atoms with Crippen molar-refractivity contribution in [3.05, 3.63) is 78.4 Å². The third kappa shape index (κ3) is 3.79. The predicted molar refractivity (Wildman–Crippen MR) is 95.7 cm³/mol. The van der Waals surface area contributed by atoms with Gasteiger partial charge in [0.25, 0.3) is 0 Å². The molecule has 0 aliphatic rings. The van der Waals surface area contributed by atoms with Gasteiger partial charge in [-0.1, -0.05) is 43.0 Å². The van der Waals surface area contributed by atoms with Crippen molar-refractivity contribution in [2.75, 3.05) is 25.6 Å². The maximum Gasteiger partial charge on any atom is 0.119 e. The van der Waals surface area contributed by atoms with Crippen molar-refractivity contribution in [1.82, 2.24) is 0 Å². The fourth-order valence-electron chi connectivity index (χ4n) is 2.31. The summed E-state index contributed by atoms with van der Waals surface area (Å²) < 4.78 is 5.50. The summed E-state index contributed by atoms with van der Waals surface area (Å²) in [5.74, 6) is 0.896. The molecule has 0 radical (unpaired) electrons. The molecule has 2 rings (SSSR count). The van der Waals surface area contributed by atoms with Gasteiger partial charge in [-0.25, -0.2) is 0 Å². The normalized spacial score (nSPS) is 11.1. The topological polar surface area (TPSA) is 12.5 Å². The van der Waals surface area contributed by atoms with E-state index in [1.807, 2.05) is 45.3 Å². The first-order valence-corrected chi connectivity index (χ1v) is 7.49. The lowest BCUT2D eigenvalue weighted by molar-refractivity contribution is 0.340. The van der Waals surface area contributed by atoms with Crippen LogP contribution in [-0.4, -0.2) is 20.7 Å². The first kappa shape index (κ1) is 15.9.